The van der Waals surface area contributed by atoms with Gasteiger partial charge in [0.05, 0.1) is 15.9 Å². The number of fused-ring (bicyclic) bond motifs is 1. The van der Waals surface area contributed by atoms with Crippen molar-refractivity contribution in [3.05, 3.63) is 54.4 Å². The van der Waals surface area contributed by atoms with Crippen molar-refractivity contribution < 1.29 is 13.2 Å². The third kappa shape index (κ3) is 3.56. The number of carbonyl (C=O) groups is 1. The van der Waals surface area contributed by atoms with Gasteiger partial charge in [0.1, 0.15) is 11.6 Å². The predicted octanol–water partition coefficient (Wildman–Crippen LogP) is 2.99. The Morgan fingerprint density at radius 2 is 1.80 bits per heavy atom. The molecule has 0 saturated heterocycles. The number of amides is 1. The first-order valence-corrected chi connectivity index (χ1v) is 9.60. The summed E-state index contributed by atoms with van der Waals surface area (Å²) in [6.45, 7) is 4.01. The topological polar surface area (TPSA) is 81.1 Å². The monoisotopic (exact) mass is 357 g/mol. The zero-order valence-corrected chi connectivity index (χ0v) is 14.9. The number of anilines is 1. The van der Waals surface area contributed by atoms with Crippen LogP contribution in [0.25, 0.3) is 11.0 Å². The average molecular weight is 357 g/mol. The highest BCUT2D eigenvalue weighted by Gasteiger charge is 2.20. The van der Waals surface area contributed by atoms with Gasteiger partial charge in [-0.1, -0.05) is 12.1 Å². The number of benzene rings is 2. The van der Waals surface area contributed by atoms with Gasteiger partial charge in [-0.2, -0.15) is 0 Å². The van der Waals surface area contributed by atoms with E-state index in [-0.39, 0.29) is 16.6 Å². The Balaban J connectivity index is 1.92. The average Bonchev–Trinajstić information content (AvgIpc) is 2.91. The number of hydrogen-bond acceptors (Lipinski definition) is 4. The molecular formula is C18H19N3O3S. The van der Waals surface area contributed by atoms with E-state index in [9.17, 15) is 13.2 Å². The largest absolute Gasteiger partial charge is 0.327 e. The Kier molecular flexibility index (Phi) is 4.59. The van der Waals surface area contributed by atoms with Crippen molar-refractivity contribution in [3.63, 3.8) is 0 Å². The maximum absolute atomic E-state index is 12.7. The van der Waals surface area contributed by atoms with E-state index in [1.165, 1.54) is 19.1 Å². The van der Waals surface area contributed by atoms with Crippen molar-refractivity contribution in [2.24, 2.45) is 0 Å². The quantitative estimate of drug-likeness (QED) is 0.761. The molecule has 0 bridgehead atoms. The van der Waals surface area contributed by atoms with Crippen molar-refractivity contribution >= 4 is 32.5 Å². The number of nitrogens with one attached hydrogen (secondary N) is 1. The zero-order chi connectivity index (χ0) is 18.0. The number of carbonyl (C=O) groups excluding carboxylic acids is 1. The standard InChI is InChI=1S/C18H19N3O3S/c1-3-21-17-7-5-4-6-16(17)20-18(21)12-25(23,24)15-10-8-14(9-11-15)19-13(2)22/h4-11H,3,12H2,1-2H3,(H,19,22). The first kappa shape index (κ1) is 17.2. The number of para-hydroxylation sites is 2. The van der Waals surface area contributed by atoms with E-state index in [0.29, 0.717) is 18.1 Å². The Morgan fingerprint density at radius 1 is 1.12 bits per heavy atom. The molecule has 1 aromatic heterocycles. The third-order valence-corrected chi connectivity index (χ3v) is 5.53. The number of rotatable bonds is 5. The fourth-order valence-corrected chi connectivity index (χ4v) is 4.07. The second kappa shape index (κ2) is 6.68. The van der Waals surface area contributed by atoms with E-state index >= 15 is 0 Å². The fourth-order valence-electron chi connectivity index (χ4n) is 2.79. The molecule has 25 heavy (non-hydrogen) atoms. The Labute approximate surface area is 146 Å². The Bertz CT molecular complexity index is 1020. The van der Waals surface area contributed by atoms with Crippen molar-refractivity contribution in [2.45, 2.75) is 31.0 Å². The van der Waals surface area contributed by atoms with Crippen LogP contribution in [-0.4, -0.2) is 23.9 Å². The molecule has 0 aliphatic rings. The summed E-state index contributed by atoms with van der Waals surface area (Å²) in [5, 5.41) is 2.62. The summed E-state index contributed by atoms with van der Waals surface area (Å²) < 4.78 is 27.4. The number of hydrogen-bond donors (Lipinski definition) is 1. The van der Waals surface area contributed by atoms with Crippen LogP contribution in [0.4, 0.5) is 5.69 Å². The van der Waals surface area contributed by atoms with Crippen LogP contribution < -0.4 is 5.32 Å². The highest BCUT2D eigenvalue weighted by Crippen LogP contribution is 2.22. The number of sulfone groups is 1. The number of imidazole rings is 1. The van der Waals surface area contributed by atoms with Gasteiger partial charge in [-0.3, -0.25) is 4.79 Å². The second-order valence-electron chi connectivity index (χ2n) is 5.73. The van der Waals surface area contributed by atoms with Crippen molar-refractivity contribution in [1.82, 2.24) is 9.55 Å². The molecule has 0 saturated carbocycles. The number of aromatic nitrogens is 2. The van der Waals surface area contributed by atoms with Gasteiger partial charge in [0, 0.05) is 19.2 Å². The van der Waals surface area contributed by atoms with Crippen LogP contribution in [0.1, 0.15) is 19.7 Å². The summed E-state index contributed by atoms with van der Waals surface area (Å²) in [5.74, 6) is 0.150. The normalized spacial score (nSPS) is 11.6. The van der Waals surface area contributed by atoms with Gasteiger partial charge >= 0.3 is 0 Å². The highest BCUT2D eigenvalue weighted by molar-refractivity contribution is 7.90. The molecule has 3 aromatic rings. The molecule has 7 heteroatoms. The van der Waals surface area contributed by atoms with Crippen molar-refractivity contribution in [2.75, 3.05) is 5.32 Å². The first-order valence-electron chi connectivity index (χ1n) is 7.95. The van der Waals surface area contributed by atoms with E-state index in [4.69, 9.17) is 0 Å². The van der Waals surface area contributed by atoms with Crippen LogP contribution in [0.3, 0.4) is 0 Å². The van der Waals surface area contributed by atoms with Gasteiger partial charge in [0.25, 0.3) is 0 Å². The minimum absolute atomic E-state index is 0.172. The van der Waals surface area contributed by atoms with Crippen molar-refractivity contribution in [3.8, 4) is 0 Å². The molecule has 1 N–H and O–H groups in total. The van der Waals surface area contributed by atoms with E-state index < -0.39 is 9.84 Å². The predicted molar refractivity (Wildman–Crippen MR) is 97.0 cm³/mol. The van der Waals surface area contributed by atoms with Crippen molar-refractivity contribution in [1.29, 1.82) is 0 Å². The van der Waals surface area contributed by atoms with Gasteiger partial charge in [0.2, 0.25) is 5.91 Å². The van der Waals surface area contributed by atoms with Gasteiger partial charge < -0.3 is 9.88 Å². The lowest BCUT2D eigenvalue weighted by atomic mass is 10.3. The van der Waals surface area contributed by atoms with E-state index in [2.05, 4.69) is 10.3 Å². The lowest BCUT2D eigenvalue weighted by Gasteiger charge is -2.08. The number of nitrogens with zero attached hydrogens (tertiary/aromatic N) is 2. The fraction of sp³-hybridized carbons (Fsp3) is 0.222. The molecule has 0 radical (unpaired) electrons. The highest BCUT2D eigenvalue weighted by atomic mass is 32.2. The van der Waals surface area contributed by atoms with E-state index in [0.717, 1.165) is 11.0 Å². The van der Waals surface area contributed by atoms with E-state index in [1.807, 2.05) is 35.8 Å². The minimum Gasteiger partial charge on any atom is -0.327 e. The molecule has 0 aliphatic heterocycles. The summed E-state index contributed by atoms with van der Waals surface area (Å²) in [6, 6.07) is 13.8. The molecule has 0 atom stereocenters. The molecule has 3 rings (SSSR count). The van der Waals surface area contributed by atoms with Crippen LogP contribution in [0.5, 0.6) is 0 Å². The summed E-state index contributed by atoms with van der Waals surface area (Å²) in [5.41, 5.74) is 2.28. The van der Waals surface area contributed by atoms with Gasteiger partial charge in [-0.05, 0) is 43.3 Å². The first-order chi connectivity index (χ1) is 11.9. The Morgan fingerprint density at radius 3 is 2.44 bits per heavy atom. The summed E-state index contributed by atoms with van der Waals surface area (Å²) in [7, 11) is -3.53. The van der Waals surface area contributed by atoms with Crippen LogP contribution >= 0.6 is 0 Å². The lowest BCUT2D eigenvalue weighted by Crippen LogP contribution is -2.11. The van der Waals surface area contributed by atoms with Crippen LogP contribution in [0, 0.1) is 0 Å². The molecule has 0 aliphatic carbocycles. The molecule has 1 heterocycles. The van der Waals surface area contributed by atoms with Gasteiger partial charge in [0.15, 0.2) is 9.84 Å². The summed E-state index contributed by atoms with van der Waals surface area (Å²) in [4.78, 5) is 15.7. The minimum atomic E-state index is -3.53. The number of aryl methyl sites for hydroxylation is 1. The molecule has 0 unspecified atom stereocenters. The molecule has 2 aromatic carbocycles. The van der Waals surface area contributed by atoms with Gasteiger partial charge in [-0.15, -0.1) is 0 Å². The summed E-state index contributed by atoms with van der Waals surface area (Å²) >= 11 is 0. The maximum atomic E-state index is 12.7. The zero-order valence-electron chi connectivity index (χ0n) is 14.1. The summed E-state index contributed by atoms with van der Waals surface area (Å²) in [6.07, 6.45) is 0. The maximum Gasteiger partial charge on any atom is 0.221 e. The molecule has 130 valence electrons. The molecule has 1 amide bonds. The molecule has 0 fully saturated rings. The van der Waals surface area contributed by atoms with Gasteiger partial charge in [-0.25, -0.2) is 13.4 Å². The smallest absolute Gasteiger partial charge is 0.221 e. The Hall–Kier alpha value is -2.67. The van der Waals surface area contributed by atoms with E-state index in [1.54, 1.807) is 12.1 Å². The molecule has 0 spiro atoms. The van der Waals surface area contributed by atoms with Crippen LogP contribution in [0.2, 0.25) is 0 Å². The van der Waals surface area contributed by atoms with Crippen LogP contribution in [0.15, 0.2) is 53.4 Å². The SMILES string of the molecule is CCn1c(CS(=O)(=O)c2ccc(NC(C)=O)cc2)nc2ccccc21. The molecule has 6 nitrogen and oxygen atoms in total. The third-order valence-electron chi connectivity index (χ3n) is 3.90. The lowest BCUT2D eigenvalue weighted by molar-refractivity contribution is -0.114. The second-order valence-corrected chi connectivity index (χ2v) is 7.72. The molecular weight excluding hydrogens is 338 g/mol. The van der Waals surface area contributed by atoms with Crippen LogP contribution in [-0.2, 0) is 26.9 Å².